The minimum absolute atomic E-state index is 0.0937. The Morgan fingerprint density at radius 2 is 2.00 bits per heavy atom. The van der Waals surface area contributed by atoms with Crippen molar-refractivity contribution < 1.29 is 4.79 Å². The third-order valence-corrected chi connectivity index (χ3v) is 4.91. The summed E-state index contributed by atoms with van der Waals surface area (Å²) in [6.45, 7) is 5.93. The van der Waals surface area contributed by atoms with Crippen LogP contribution in [0.5, 0.6) is 0 Å². The molecule has 126 valence electrons. The quantitative estimate of drug-likeness (QED) is 0.877. The molecule has 2 heterocycles. The summed E-state index contributed by atoms with van der Waals surface area (Å²) in [7, 11) is 0. The summed E-state index contributed by atoms with van der Waals surface area (Å²) in [5.74, 6) is 0.0937. The predicted octanol–water partition coefficient (Wildman–Crippen LogP) is 2.80. The Kier molecular flexibility index (Phi) is 4.88. The van der Waals surface area contributed by atoms with Crippen LogP contribution in [0.1, 0.15) is 22.4 Å². The van der Waals surface area contributed by atoms with Crippen molar-refractivity contribution in [1.82, 2.24) is 15.6 Å². The first-order chi connectivity index (χ1) is 11.5. The second-order valence-corrected chi connectivity index (χ2v) is 7.06. The molecule has 0 saturated carbocycles. The maximum Gasteiger partial charge on any atom is 0.229 e. The van der Waals surface area contributed by atoms with Crippen molar-refractivity contribution in [3.63, 3.8) is 0 Å². The van der Waals surface area contributed by atoms with E-state index in [2.05, 4.69) is 15.6 Å². The second-order valence-electron chi connectivity index (χ2n) is 6.62. The Balaban J connectivity index is 1.66. The lowest BCUT2D eigenvalue weighted by Crippen LogP contribution is -2.62. The lowest BCUT2D eigenvalue weighted by molar-refractivity contribution is -0.134. The molecule has 0 spiro atoms. The van der Waals surface area contributed by atoms with Gasteiger partial charge in [0.2, 0.25) is 5.91 Å². The minimum atomic E-state index is -0.375. The number of amides is 1. The first kappa shape index (κ1) is 16.9. The number of rotatable bonds is 5. The molecule has 2 N–H and O–H groups in total. The van der Waals surface area contributed by atoms with Crippen LogP contribution >= 0.6 is 11.6 Å². The summed E-state index contributed by atoms with van der Waals surface area (Å²) in [5.41, 5.74) is 3.96. The van der Waals surface area contributed by atoms with Gasteiger partial charge in [0.1, 0.15) is 0 Å². The van der Waals surface area contributed by atoms with E-state index in [1.165, 1.54) is 0 Å². The van der Waals surface area contributed by atoms with E-state index in [-0.39, 0.29) is 11.3 Å². The SMILES string of the molecule is Cc1cc(C)c(CNC(=O)C2(Cc3ccc(Cl)cc3)CNC2)cn1. The molecule has 0 radical (unpaired) electrons. The largest absolute Gasteiger partial charge is 0.351 e. The highest BCUT2D eigenvalue weighted by Crippen LogP contribution is 2.29. The molecule has 1 saturated heterocycles. The lowest BCUT2D eigenvalue weighted by atomic mass is 9.75. The topological polar surface area (TPSA) is 54.0 Å². The van der Waals surface area contributed by atoms with Crippen LogP contribution in [0.15, 0.2) is 36.5 Å². The number of nitrogens with one attached hydrogen (secondary N) is 2. The van der Waals surface area contributed by atoms with Gasteiger partial charge < -0.3 is 10.6 Å². The van der Waals surface area contributed by atoms with Crippen LogP contribution in [0.4, 0.5) is 0 Å². The molecule has 5 heteroatoms. The lowest BCUT2D eigenvalue weighted by Gasteiger charge is -2.41. The first-order valence-electron chi connectivity index (χ1n) is 8.14. The van der Waals surface area contributed by atoms with Crippen molar-refractivity contribution in [2.75, 3.05) is 13.1 Å². The standard InChI is InChI=1S/C19H22ClN3O/c1-13-7-14(2)22-9-16(13)10-23-18(24)19(11-21-12-19)8-15-3-5-17(20)6-4-15/h3-7,9,21H,8,10-12H2,1-2H3,(H,23,24). The molecule has 1 aromatic heterocycles. The van der Waals surface area contributed by atoms with Crippen molar-refractivity contribution in [2.45, 2.75) is 26.8 Å². The fourth-order valence-electron chi connectivity index (χ4n) is 3.06. The zero-order chi connectivity index (χ0) is 17.2. The number of aryl methyl sites for hydroxylation is 2. The third-order valence-electron chi connectivity index (χ3n) is 4.66. The molecule has 0 bridgehead atoms. The Morgan fingerprint density at radius 1 is 1.29 bits per heavy atom. The van der Waals surface area contributed by atoms with E-state index in [0.29, 0.717) is 31.1 Å². The molecule has 4 nitrogen and oxygen atoms in total. The van der Waals surface area contributed by atoms with Crippen LogP contribution < -0.4 is 10.6 Å². The van der Waals surface area contributed by atoms with Gasteiger partial charge in [-0.1, -0.05) is 23.7 Å². The van der Waals surface area contributed by atoms with E-state index >= 15 is 0 Å². The Bertz CT molecular complexity index is 739. The normalized spacial score (nSPS) is 15.6. The molecule has 1 fully saturated rings. The predicted molar refractivity (Wildman–Crippen MR) is 96.0 cm³/mol. The Hall–Kier alpha value is -1.91. The van der Waals surface area contributed by atoms with Crippen LogP contribution in [0.25, 0.3) is 0 Å². The van der Waals surface area contributed by atoms with Gasteiger partial charge in [0, 0.05) is 36.5 Å². The number of nitrogens with zero attached hydrogens (tertiary/aromatic N) is 1. The van der Waals surface area contributed by atoms with Gasteiger partial charge in [-0.2, -0.15) is 0 Å². The molecule has 1 aliphatic heterocycles. The van der Waals surface area contributed by atoms with E-state index < -0.39 is 0 Å². The van der Waals surface area contributed by atoms with Crippen molar-refractivity contribution >= 4 is 17.5 Å². The van der Waals surface area contributed by atoms with Crippen molar-refractivity contribution in [2.24, 2.45) is 5.41 Å². The maximum atomic E-state index is 12.8. The maximum absolute atomic E-state index is 12.8. The number of carbonyl (C=O) groups excluding carboxylic acids is 1. The molecule has 0 unspecified atom stereocenters. The average molecular weight is 344 g/mol. The molecule has 2 aromatic rings. The zero-order valence-electron chi connectivity index (χ0n) is 14.0. The molecule has 0 aliphatic carbocycles. The van der Waals surface area contributed by atoms with Crippen LogP contribution in [-0.4, -0.2) is 24.0 Å². The van der Waals surface area contributed by atoms with Crippen LogP contribution in [0, 0.1) is 19.3 Å². The Morgan fingerprint density at radius 3 is 2.58 bits per heavy atom. The summed E-state index contributed by atoms with van der Waals surface area (Å²) < 4.78 is 0. The van der Waals surface area contributed by atoms with Gasteiger partial charge in [-0.15, -0.1) is 0 Å². The van der Waals surface area contributed by atoms with E-state index in [4.69, 9.17) is 11.6 Å². The number of pyridine rings is 1. The number of halogens is 1. The zero-order valence-corrected chi connectivity index (χ0v) is 14.8. The minimum Gasteiger partial charge on any atom is -0.351 e. The van der Waals surface area contributed by atoms with E-state index in [1.54, 1.807) is 0 Å². The van der Waals surface area contributed by atoms with Crippen molar-refractivity contribution in [3.8, 4) is 0 Å². The first-order valence-corrected chi connectivity index (χ1v) is 8.52. The van der Waals surface area contributed by atoms with E-state index in [1.807, 2.05) is 50.4 Å². The highest BCUT2D eigenvalue weighted by molar-refractivity contribution is 6.30. The van der Waals surface area contributed by atoms with E-state index in [9.17, 15) is 4.79 Å². The summed E-state index contributed by atoms with van der Waals surface area (Å²) in [5, 5.41) is 7.04. The highest BCUT2D eigenvalue weighted by Gasteiger charge is 2.44. The molecule has 1 amide bonds. The van der Waals surface area contributed by atoms with Gasteiger partial charge in [-0.3, -0.25) is 9.78 Å². The third kappa shape index (κ3) is 3.60. The van der Waals surface area contributed by atoms with Gasteiger partial charge >= 0.3 is 0 Å². The summed E-state index contributed by atoms with van der Waals surface area (Å²) in [6, 6.07) is 9.76. The summed E-state index contributed by atoms with van der Waals surface area (Å²) in [4.78, 5) is 17.1. The molecular weight excluding hydrogens is 322 g/mol. The number of aromatic nitrogens is 1. The van der Waals surface area contributed by atoms with Crippen molar-refractivity contribution in [1.29, 1.82) is 0 Å². The molecule has 1 aromatic carbocycles. The monoisotopic (exact) mass is 343 g/mol. The van der Waals surface area contributed by atoms with Crippen LogP contribution in [0.2, 0.25) is 5.02 Å². The van der Waals surface area contributed by atoms with Crippen LogP contribution in [0.3, 0.4) is 0 Å². The second kappa shape index (κ2) is 6.91. The van der Waals surface area contributed by atoms with Crippen LogP contribution in [-0.2, 0) is 17.8 Å². The summed E-state index contributed by atoms with van der Waals surface area (Å²) in [6.07, 6.45) is 2.56. The van der Waals surface area contributed by atoms with Gasteiger partial charge in [-0.25, -0.2) is 0 Å². The molecule has 24 heavy (non-hydrogen) atoms. The van der Waals surface area contributed by atoms with E-state index in [0.717, 1.165) is 22.4 Å². The van der Waals surface area contributed by atoms with Gasteiger partial charge in [0.25, 0.3) is 0 Å². The number of benzene rings is 1. The van der Waals surface area contributed by atoms with Gasteiger partial charge in [0.05, 0.1) is 5.41 Å². The van der Waals surface area contributed by atoms with Gasteiger partial charge in [-0.05, 0) is 55.2 Å². The van der Waals surface area contributed by atoms with Gasteiger partial charge in [0.15, 0.2) is 0 Å². The number of hydrogen-bond acceptors (Lipinski definition) is 3. The van der Waals surface area contributed by atoms with Crippen molar-refractivity contribution in [3.05, 3.63) is 63.9 Å². The molecule has 1 aliphatic rings. The molecule has 3 rings (SSSR count). The average Bonchev–Trinajstić information content (AvgIpc) is 2.51. The summed E-state index contributed by atoms with van der Waals surface area (Å²) >= 11 is 5.94. The Labute approximate surface area is 147 Å². The number of carbonyl (C=O) groups is 1. The highest BCUT2D eigenvalue weighted by atomic mass is 35.5. The molecular formula is C19H22ClN3O. The fourth-order valence-corrected chi connectivity index (χ4v) is 3.18. The smallest absolute Gasteiger partial charge is 0.229 e. The number of hydrogen-bond donors (Lipinski definition) is 2. The molecule has 0 atom stereocenters. The fraction of sp³-hybridized carbons (Fsp3) is 0.368.